The van der Waals surface area contributed by atoms with Gasteiger partial charge in [0.1, 0.15) is 0 Å². The lowest BCUT2D eigenvalue weighted by Crippen LogP contribution is -2.00. The molecule has 1 aliphatic heterocycles. The van der Waals surface area contributed by atoms with E-state index in [1.54, 1.807) is 23.9 Å². The first-order valence-electron chi connectivity index (χ1n) is 8.44. The molecule has 0 saturated carbocycles. The molecule has 0 fully saturated rings. The monoisotopic (exact) mass is 383 g/mol. The van der Waals surface area contributed by atoms with Gasteiger partial charge in [0.15, 0.2) is 22.5 Å². The molecule has 2 heterocycles. The van der Waals surface area contributed by atoms with Crippen LogP contribution in [-0.2, 0) is 12.3 Å². The van der Waals surface area contributed by atoms with Crippen molar-refractivity contribution in [3.8, 4) is 22.9 Å². The molecule has 0 amide bonds. The Morgan fingerprint density at radius 3 is 2.67 bits per heavy atom. The Morgan fingerprint density at radius 1 is 1.15 bits per heavy atom. The second-order valence-corrected chi connectivity index (χ2v) is 6.85. The lowest BCUT2D eigenvalue weighted by atomic mass is 10.1. The summed E-state index contributed by atoms with van der Waals surface area (Å²) in [4.78, 5) is 10.9. The summed E-state index contributed by atoms with van der Waals surface area (Å²) in [6, 6.07) is 12.6. The normalized spacial score (nSPS) is 12.3. The van der Waals surface area contributed by atoms with E-state index in [1.165, 1.54) is 0 Å². The van der Waals surface area contributed by atoms with Crippen LogP contribution in [0.3, 0.4) is 0 Å². The average Bonchev–Trinajstić information content (AvgIpc) is 3.32. The van der Waals surface area contributed by atoms with Gasteiger partial charge in [0.25, 0.3) is 0 Å². The van der Waals surface area contributed by atoms with Crippen LogP contribution in [0.4, 0.5) is 0 Å². The zero-order valence-electron chi connectivity index (χ0n) is 14.6. The van der Waals surface area contributed by atoms with E-state index in [0.29, 0.717) is 11.5 Å². The lowest BCUT2D eigenvalue weighted by molar-refractivity contribution is 0.0697. The first kappa shape index (κ1) is 17.4. The summed E-state index contributed by atoms with van der Waals surface area (Å²) in [5.74, 6) is 1.98. The fourth-order valence-electron chi connectivity index (χ4n) is 2.82. The first-order valence-corrected chi connectivity index (χ1v) is 9.42. The van der Waals surface area contributed by atoms with Crippen molar-refractivity contribution in [2.45, 2.75) is 24.4 Å². The van der Waals surface area contributed by atoms with Gasteiger partial charge in [0, 0.05) is 17.9 Å². The van der Waals surface area contributed by atoms with Crippen molar-refractivity contribution in [2.75, 3.05) is 6.79 Å². The van der Waals surface area contributed by atoms with E-state index in [-0.39, 0.29) is 12.4 Å². The average molecular weight is 383 g/mol. The highest BCUT2D eigenvalue weighted by Gasteiger charge is 2.18. The van der Waals surface area contributed by atoms with Crippen LogP contribution in [0.2, 0.25) is 0 Å². The predicted octanol–water partition coefficient (Wildman–Crippen LogP) is 3.68. The van der Waals surface area contributed by atoms with Crippen molar-refractivity contribution < 1.29 is 19.4 Å². The van der Waals surface area contributed by atoms with Crippen LogP contribution < -0.4 is 9.47 Å². The fraction of sp³-hybridized carbons (Fsp3) is 0.211. The number of hydrogen-bond acceptors (Lipinski definition) is 6. The molecule has 1 aromatic heterocycles. The molecule has 8 heteroatoms. The Balaban J connectivity index is 1.53. The summed E-state index contributed by atoms with van der Waals surface area (Å²) in [5, 5.41) is 18.5. The molecule has 0 spiro atoms. The number of aromatic carboxylic acids is 1. The smallest absolute Gasteiger partial charge is 0.335 e. The number of fused-ring (bicyclic) bond motifs is 1. The van der Waals surface area contributed by atoms with Crippen LogP contribution in [0.15, 0.2) is 47.6 Å². The third kappa shape index (κ3) is 3.48. The van der Waals surface area contributed by atoms with Gasteiger partial charge in [-0.25, -0.2) is 4.79 Å². The minimum absolute atomic E-state index is 0.237. The summed E-state index contributed by atoms with van der Waals surface area (Å²) in [6.07, 6.45) is 0. The first-order chi connectivity index (χ1) is 13.2. The zero-order chi connectivity index (χ0) is 18.8. The summed E-state index contributed by atoms with van der Waals surface area (Å²) >= 11 is 1.57. The van der Waals surface area contributed by atoms with Crippen LogP contribution in [0.25, 0.3) is 11.4 Å². The van der Waals surface area contributed by atoms with Crippen molar-refractivity contribution in [3.63, 3.8) is 0 Å². The van der Waals surface area contributed by atoms with Crippen molar-refractivity contribution in [2.24, 2.45) is 0 Å². The van der Waals surface area contributed by atoms with Gasteiger partial charge in [-0.1, -0.05) is 23.9 Å². The van der Waals surface area contributed by atoms with E-state index in [9.17, 15) is 4.79 Å². The number of thioether (sulfide) groups is 1. The summed E-state index contributed by atoms with van der Waals surface area (Å²) in [7, 11) is 0. The van der Waals surface area contributed by atoms with Gasteiger partial charge >= 0.3 is 5.97 Å². The fourth-order valence-corrected chi connectivity index (χ4v) is 3.78. The van der Waals surface area contributed by atoms with Crippen LogP contribution in [-0.4, -0.2) is 32.6 Å². The highest BCUT2D eigenvalue weighted by atomic mass is 32.2. The molecule has 138 valence electrons. The van der Waals surface area contributed by atoms with Crippen LogP contribution in [0.5, 0.6) is 11.5 Å². The maximum Gasteiger partial charge on any atom is 0.335 e. The number of carbonyl (C=O) groups is 1. The minimum Gasteiger partial charge on any atom is -0.478 e. The maximum atomic E-state index is 10.9. The van der Waals surface area contributed by atoms with E-state index < -0.39 is 5.97 Å². The number of carboxylic acids is 1. The Kier molecular flexibility index (Phi) is 4.72. The topological polar surface area (TPSA) is 86.5 Å². The molecule has 1 N–H and O–H groups in total. The Labute approximate surface area is 159 Å². The van der Waals surface area contributed by atoms with Gasteiger partial charge in [0.2, 0.25) is 6.79 Å². The van der Waals surface area contributed by atoms with E-state index in [0.717, 1.165) is 34.4 Å². The van der Waals surface area contributed by atoms with E-state index in [2.05, 4.69) is 10.2 Å². The zero-order valence-corrected chi connectivity index (χ0v) is 15.4. The van der Waals surface area contributed by atoms with Crippen molar-refractivity contribution in [3.05, 3.63) is 53.6 Å². The second-order valence-electron chi connectivity index (χ2n) is 5.91. The molecule has 0 atom stereocenters. The number of aromatic nitrogens is 3. The van der Waals surface area contributed by atoms with Crippen LogP contribution in [0.1, 0.15) is 22.8 Å². The number of carboxylic acid groups (broad SMARTS) is 1. The number of rotatable bonds is 6. The van der Waals surface area contributed by atoms with E-state index in [1.807, 2.05) is 41.8 Å². The third-order valence-electron chi connectivity index (χ3n) is 4.23. The number of hydrogen-bond donors (Lipinski definition) is 1. The van der Waals surface area contributed by atoms with Crippen molar-refractivity contribution in [1.82, 2.24) is 14.8 Å². The molecule has 3 aromatic rings. The summed E-state index contributed by atoms with van der Waals surface area (Å²) in [6.45, 7) is 3.02. The summed E-state index contributed by atoms with van der Waals surface area (Å²) < 4.78 is 12.9. The molecular formula is C19H17N3O4S. The molecule has 4 rings (SSSR count). The largest absolute Gasteiger partial charge is 0.478 e. The van der Waals surface area contributed by atoms with Crippen LogP contribution >= 0.6 is 11.8 Å². The number of nitrogens with zero attached hydrogens (tertiary/aromatic N) is 3. The molecule has 0 bridgehead atoms. The summed E-state index contributed by atoms with van der Waals surface area (Å²) in [5.41, 5.74) is 2.23. The van der Waals surface area contributed by atoms with E-state index in [4.69, 9.17) is 14.6 Å². The number of benzene rings is 2. The van der Waals surface area contributed by atoms with E-state index >= 15 is 0 Å². The Hall–Kier alpha value is -3.00. The highest BCUT2D eigenvalue weighted by Crippen LogP contribution is 2.36. The van der Waals surface area contributed by atoms with Gasteiger partial charge < -0.3 is 19.1 Å². The molecular weight excluding hydrogens is 366 g/mol. The van der Waals surface area contributed by atoms with Crippen molar-refractivity contribution >= 4 is 17.7 Å². The number of ether oxygens (including phenoxy) is 2. The third-order valence-corrected chi connectivity index (χ3v) is 5.27. The minimum atomic E-state index is -0.923. The van der Waals surface area contributed by atoms with Gasteiger partial charge in [-0.15, -0.1) is 10.2 Å². The van der Waals surface area contributed by atoms with Gasteiger partial charge in [-0.2, -0.15) is 0 Å². The standard InChI is InChI=1S/C19H17N3O4S/c1-2-22-17(14-7-8-15-16(9-14)26-11-25-15)20-21-19(22)27-10-12-3-5-13(6-4-12)18(23)24/h3-9H,2,10-11H2,1H3,(H,23,24). The predicted molar refractivity (Wildman–Crippen MR) is 100 cm³/mol. The Morgan fingerprint density at radius 2 is 1.93 bits per heavy atom. The van der Waals surface area contributed by atoms with Crippen LogP contribution in [0, 0.1) is 0 Å². The molecule has 0 aliphatic carbocycles. The van der Waals surface area contributed by atoms with Crippen molar-refractivity contribution in [1.29, 1.82) is 0 Å². The molecule has 1 aliphatic rings. The lowest BCUT2D eigenvalue weighted by Gasteiger charge is -2.08. The molecule has 7 nitrogen and oxygen atoms in total. The highest BCUT2D eigenvalue weighted by molar-refractivity contribution is 7.98. The molecule has 0 saturated heterocycles. The second kappa shape index (κ2) is 7.32. The molecule has 27 heavy (non-hydrogen) atoms. The quantitative estimate of drug-likeness (QED) is 0.650. The SMILES string of the molecule is CCn1c(SCc2ccc(C(=O)O)cc2)nnc1-c1ccc2c(c1)OCO2. The molecule has 0 unspecified atom stereocenters. The maximum absolute atomic E-state index is 10.9. The molecule has 2 aromatic carbocycles. The van der Waals surface area contributed by atoms with Gasteiger partial charge in [-0.05, 0) is 42.8 Å². The van der Waals surface area contributed by atoms with Gasteiger partial charge in [-0.3, -0.25) is 0 Å². The molecule has 0 radical (unpaired) electrons. The van der Waals surface area contributed by atoms with Gasteiger partial charge in [0.05, 0.1) is 5.56 Å². The Bertz CT molecular complexity index is 985.